The van der Waals surface area contributed by atoms with Crippen LogP contribution in [0.5, 0.6) is 0 Å². The Morgan fingerprint density at radius 2 is 2.07 bits per heavy atom. The second-order valence-electron chi connectivity index (χ2n) is 6.84. The summed E-state index contributed by atoms with van der Waals surface area (Å²) in [5.74, 6) is 1.84. The molecule has 1 aliphatic rings. The number of aromatic nitrogens is 3. The van der Waals surface area contributed by atoms with E-state index in [1.165, 1.54) is 0 Å². The highest BCUT2D eigenvalue weighted by atomic mass is 16.5. The largest absolute Gasteiger partial charge is 0.377 e. The minimum atomic E-state index is 0.131. The molecule has 1 saturated heterocycles. The van der Waals surface area contributed by atoms with Crippen molar-refractivity contribution in [2.75, 3.05) is 39.4 Å². The summed E-state index contributed by atoms with van der Waals surface area (Å²) in [5.41, 5.74) is 1.48. The van der Waals surface area contributed by atoms with Crippen LogP contribution in [0, 0.1) is 13.8 Å². The molecule has 0 unspecified atom stereocenters. The quantitative estimate of drug-likeness (QED) is 0.499. The van der Waals surface area contributed by atoms with Gasteiger partial charge in [0.25, 0.3) is 5.89 Å². The normalized spacial score (nSPS) is 15.6. The van der Waals surface area contributed by atoms with E-state index in [9.17, 15) is 4.79 Å². The van der Waals surface area contributed by atoms with Crippen molar-refractivity contribution < 1.29 is 18.6 Å². The van der Waals surface area contributed by atoms with Gasteiger partial charge in [0, 0.05) is 26.2 Å². The first-order valence-electron chi connectivity index (χ1n) is 9.53. The van der Waals surface area contributed by atoms with E-state index in [1.54, 1.807) is 6.08 Å². The van der Waals surface area contributed by atoms with Crippen LogP contribution >= 0.6 is 0 Å². The summed E-state index contributed by atoms with van der Waals surface area (Å²) in [6, 6.07) is 0. The summed E-state index contributed by atoms with van der Waals surface area (Å²) in [4.78, 5) is 21.0. The Morgan fingerprint density at radius 3 is 2.82 bits per heavy atom. The third-order valence-electron chi connectivity index (χ3n) is 4.72. The smallest absolute Gasteiger partial charge is 0.263 e. The van der Waals surface area contributed by atoms with Crippen LogP contribution in [0.25, 0.3) is 11.5 Å². The monoisotopic (exact) mass is 389 g/mol. The summed E-state index contributed by atoms with van der Waals surface area (Å²) in [6.45, 7) is 11.8. The lowest BCUT2D eigenvalue weighted by molar-refractivity contribution is -0.132. The highest BCUT2D eigenvalue weighted by Gasteiger charge is 2.22. The van der Waals surface area contributed by atoms with Crippen molar-refractivity contribution in [2.24, 2.45) is 0 Å². The van der Waals surface area contributed by atoms with Crippen molar-refractivity contribution in [1.29, 1.82) is 0 Å². The number of carbonyl (C=O) groups is 1. The Labute approximate surface area is 164 Å². The van der Waals surface area contributed by atoms with Crippen molar-refractivity contribution in [1.82, 2.24) is 25.1 Å². The summed E-state index contributed by atoms with van der Waals surface area (Å²) >= 11 is 0. The van der Waals surface area contributed by atoms with E-state index in [0.29, 0.717) is 50.2 Å². The number of hydrogen-bond acceptors (Lipinski definition) is 8. The van der Waals surface area contributed by atoms with E-state index < -0.39 is 0 Å². The minimum Gasteiger partial charge on any atom is -0.377 e. The van der Waals surface area contributed by atoms with Gasteiger partial charge < -0.3 is 18.7 Å². The van der Waals surface area contributed by atoms with Crippen molar-refractivity contribution >= 4 is 5.91 Å². The summed E-state index contributed by atoms with van der Waals surface area (Å²) in [6.07, 6.45) is 3.00. The molecular formula is C19H27N5O4. The molecule has 0 bridgehead atoms. The van der Waals surface area contributed by atoms with Crippen LogP contribution < -0.4 is 0 Å². The number of carbonyl (C=O) groups excluding carboxylic acids is 1. The van der Waals surface area contributed by atoms with Crippen LogP contribution in [0.4, 0.5) is 0 Å². The molecule has 9 nitrogen and oxygen atoms in total. The van der Waals surface area contributed by atoms with Crippen LogP contribution in [0.3, 0.4) is 0 Å². The summed E-state index contributed by atoms with van der Waals surface area (Å²) < 4.78 is 15.9. The molecule has 3 rings (SSSR count). The first kappa shape index (κ1) is 20.2. The zero-order valence-corrected chi connectivity index (χ0v) is 16.5. The molecule has 2 aromatic rings. The molecule has 0 aromatic carbocycles. The van der Waals surface area contributed by atoms with E-state index in [2.05, 4.69) is 26.8 Å². The number of amides is 1. The van der Waals surface area contributed by atoms with Crippen molar-refractivity contribution in [3.8, 4) is 11.5 Å². The first-order valence-corrected chi connectivity index (χ1v) is 9.53. The minimum absolute atomic E-state index is 0.131. The maximum atomic E-state index is 12.3. The number of hydrogen-bond donors (Lipinski definition) is 0. The van der Waals surface area contributed by atoms with E-state index in [4.69, 9.17) is 13.8 Å². The van der Waals surface area contributed by atoms with Crippen molar-refractivity contribution in [3.63, 3.8) is 0 Å². The number of aryl methyl sites for hydroxylation is 2. The molecule has 1 fully saturated rings. The molecular weight excluding hydrogens is 362 g/mol. The number of ether oxygens (including phenoxy) is 1. The topological polar surface area (TPSA) is 97.7 Å². The Balaban J connectivity index is 1.51. The van der Waals surface area contributed by atoms with Gasteiger partial charge in [-0.3, -0.25) is 9.69 Å². The molecule has 0 aliphatic carbocycles. The predicted octanol–water partition coefficient (Wildman–Crippen LogP) is 1.97. The fourth-order valence-corrected chi connectivity index (χ4v) is 3.27. The van der Waals surface area contributed by atoms with Gasteiger partial charge in [-0.2, -0.15) is 4.98 Å². The SMILES string of the molecule is C=CCOCCC(=O)N1CCCN(Cc2noc(-c3c(C)noc3C)n2)CC1. The Bertz CT molecular complexity index is 781. The molecule has 0 radical (unpaired) electrons. The predicted molar refractivity (Wildman–Crippen MR) is 101 cm³/mol. The molecule has 1 aliphatic heterocycles. The zero-order chi connectivity index (χ0) is 19.9. The lowest BCUT2D eigenvalue weighted by atomic mass is 10.2. The lowest BCUT2D eigenvalue weighted by Gasteiger charge is -2.21. The van der Waals surface area contributed by atoms with Gasteiger partial charge in [0.15, 0.2) is 5.82 Å². The lowest BCUT2D eigenvalue weighted by Crippen LogP contribution is -2.35. The third kappa shape index (κ3) is 5.05. The van der Waals surface area contributed by atoms with Gasteiger partial charge in [-0.15, -0.1) is 6.58 Å². The standard InChI is InChI=1S/C19H27N5O4/c1-4-11-26-12-6-17(25)24-8-5-7-23(9-10-24)13-16-20-19(28-22-16)18-14(2)21-27-15(18)3/h4H,1,5-13H2,2-3H3. The summed E-state index contributed by atoms with van der Waals surface area (Å²) in [7, 11) is 0. The Kier molecular flexibility index (Phi) is 6.94. The van der Waals surface area contributed by atoms with Crippen LogP contribution in [0.15, 0.2) is 21.7 Å². The van der Waals surface area contributed by atoms with E-state index in [-0.39, 0.29) is 5.91 Å². The Hall–Kier alpha value is -2.52. The van der Waals surface area contributed by atoms with Gasteiger partial charge in [0.05, 0.1) is 31.9 Å². The van der Waals surface area contributed by atoms with Crippen molar-refractivity contribution in [3.05, 3.63) is 29.9 Å². The van der Waals surface area contributed by atoms with Gasteiger partial charge in [0.1, 0.15) is 11.3 Å². The maximum Gasteiger partial charge on any atom is 0.263 e. The van der Waals surface area contributed by atoms with E-state index >= 15 is 0 Å². The summed E-state index contributed by atoms with van der Waals surface area (Å²) in [5, 5.41) is 8.01. The number of nitrogens with zero attached hydrogens (tertiary/aromatic N) is 5. The second-order valence-corrected chi connectivity index (χ2v) is 6.84. The highest BCUT2D eigenvalue weighted by Crippen LogP contribution is 2.25. The van der Waals surface area contributed by atoms with E-state index in [0.717, 1.165) is 37.3 Å². The van der Waals surface area contributed by atoms with Gasteiger partial charge in [0.2, 0.25) is 5.91 Å². The molecule has 2 aromatic heterocycles. The first-order chi connectivity index (χ1) is 13.6. The molecule has 3 heterocycles. The molecule has 9 heteroatoms. The fourth-order valence-electron chi connectivity index (χ4n) is 3.27. The highest BCUT2D eigenvalue weighted by molar-refractivity contribution is 5.76. The van der Waals surface area contributed by atoms with Crippen LogP contribution in [-0.2, 0) is 16.1 Å². The molecule has 28 heavy (non-hydrogen) atoms. The van der Waals surface area contributed by atoms with Crippen molar-refractivity contribution in [2.45, 2.75) is 33.2 Å². The molecule has 1 amide bonds. The average molecular weight is 389 g/mol. The zero-order valence-electron chi connectivity index (χ0n) is 16.5. The molecule has 0 saturated carbocycles. The molecule has 0 spiro atoms. The molecule has 0 N–H and O–H groups in total. The van der Waals surface area contributed by atoms with Crippen LogP contribution in [-0.4, -0.2) is 70.4 Å². The van der Waals surface area contributed by atoms with Gasteiger partial charge in [-0.05, 0) is 20.3 Å². The molecule has 152 valence electrons. The van der Waals surface area contributed by atoms with Crippen LogP contribution in [0.1, 0.15) is 30.1 Å². The van der Waals surface area contributed by atoms with Crippen LogP contribution in [0.2, 0.25) is 0 Å². The van der Waals surface area contributed by atoms with Gasteiger partial charge >= 0.3 is 0 Å². The van der Waals surface area contributed by atoms with Gasteiger partial charge in [-0.25, -0.2) is 0 Å². The third-order valence-corrected chi connectivity index (χ3v) is 4.72. The Morgan fingerprint density at radius 1 is 1.21 bits per heavy atom. The number of rotatable bonds is 8. The maximum absolute atomic E-state index is 12.3. The second kappa shape index (κ2) is 9.61. The van der Waals surface area contributed by atoms with E-state index in [1.807, 2.05) is 18.7 Å². The van der Waals surface area contributed by atoms with Gasteiger partial charge in [-0.1, -0.05) is 16.4 Å². The fraction of sp³-hybridized carbons (Fsp3) is 0.579. The average Bonchev–Trinajstić information content (AvgIpc) is 3.17. The molecule has 0 atom stereocenters.